The number of benzene rings is 3. The highest BCUT2D eigenvalue weighted by Crippen LogP contribution is 2.30. The minimum atomic E-state index is -4.15. The van der Waals surface area contributed by atoms with Crippen LogP contribution in [-0.2, 0) is 26.2 Å². The summed E-state index contributed by atoms with van der Waals surface area (Å²) in [6.07, 6.45) is 5.11. The van der Waals surface area contributed by atoms with Crippen molar-refractivity contribution >= 4 is 55.1 Å². The molecule has 1 aliphatic rings. The van der Waals surface area contributed by atoms with Crippen molar-refractivity contribution in [3.05, 3.63) is 92.9 Å². The van der Waals surface area contributed by atoms with Crippen LogP contribution in [0.4, 0.5) is 5.69 Å². The highest BCUT2D eigenvalue weighted by molar-refractivity contribution is 9.10. The number of nitrogens with one attached hydrogen (secondary N) is 1. The van der Waals surface area contributed by atoms with Gasteiger partial charge in [-0.2, -0.15) is 0 Å². The topological polar surface area (TPSA) is 86.8 Å². The average Bonchev–Trinajstić information content (AvgIpc) is 2.96. The Balaban J connectivity index is 1.69. The highest BCUT2D eigenvalue weighted by atomic mass is 79.9. The van der Waals surface area contributed by atoms with E-state index in [-0.39, 0.29) is 23.4 Å². The van der Waals surface area contributed by atoms with Gasteiger partial charge in [0, 0.05) is 22.1 Å². The van der Waals surface area contributed by atoms with Crippen molar-refractivity contribution in [2.24, 2.45) is 0 Å². The van der Waals surface area contributed by atoms with Gasteiger partial charge in [0.2, 0.25) is 11.8 Å². The summed E-state index contributed by atoms with van der Waals surface area (Å²) in [7, 11) is -4.15. The number of hydrogen-bond acceptors (Lipinski definition) is 4. The monoisotopic (exact) mass is 673 g/mol. The molecule has 10 heteroatoms. The number of carbonyl (C=O) groups excluding carboxylic acids is 2. The molecule has 0 spiro atoms. The molecular formula is C32H37BrClN3O4S. The molecule has 2 amide bonds. The van der Waals surface area contributed by atoms with Crippen LogP contribution in [0.3, 0.4) is 0 Å². The number of nitrogens with zero attached hydrogens (tertiary/aromatic N) is 2. The summed E-state index contributed by atoms with van der Waals surface area (Å²) in [6, 6.07) is 18.1. The molecule has 3 aromatic rings. The largest absolute Gasteiger partial charge is 0.352 e. The minimum Gasteiger partial charge on any atom is -0.352 e. The molecular weight excluding hydrogens is 638 g/mol. The molecule has 1 N–H and O–H groups in total. The van der Waals surface area contributed by atoms with E-state index in [1.807, 2.05) is 31.2 Å². The number of amides is 2. The van der Waals surface area contributed by atoms with Crippen molar-refractivity contribution in [1.29, 1.82) is 0 Å². The number of aryl methyl sites for hydroxylation is 2. The third-order valence-corrected chi connectivity index (χ3v) is 10.2. The Kier molecular flexibility index (Phi) is 10.7. The minimum absolute atomic E-state index is 0.0674. The van der Waals surface area contributed by atoms with Crippen LogP contribution in [0.2, 0.25) is 5.02 Å². The normalized spacial score (nSPS) is 14.7. The van der Waals surface area contributed by atoms with Crippen LogP contribution >= 0.6 is 27.5 Å². The van der Waals surface area contributed by atoms with Crippen LogP contribution in [0.15, 0.2) is 76.1 Å². The first-order valence-corrected chi connectivity index (χ1v) is 16.8. The Morgan fingerprint density at radius 1 is 0.976 bits per heavy atom. The fourth-order valence-electron chi connectivity index (χ4n) is 5.19. The first-order valence-electron chi connectivity index (χ1n) is 14.2. The van der Waals surface area contributed by atoms with Crippen LogP contribution in [-0.4, -0.2) is 43.8 Å². The summed E-state index contributed by atoms with van der Waals surface area (Å²) in [5.74, 6) is -0.739. The maximum absolute atomic E-state index is 14.2. The van der Waals surface area contributed by atoms with E-state index in [1.54, 1.807) is 44.2 Å². The quantitative estimate of drug-likeness (QED) is 0.257. The van der Waals surface area contributed by atoms with Crippen LogP contribution in [0, 0.1) is 13.8 Å². The lowest BCUT2D eigenvalue weighted by molar-refractivity contribution is -0.139. The summed E-state index contributed by atoms with van der Waals surface area (Å²) >= 11 is 9.63. The lowest BCUT2D eigenvalue weighted by Crippen LogP contribution is -2.53. The fraction of sp³-hybridized carbons (Fsp3) is 0.375. The highest BCUT2D eigenvalue weighted by Gasteiger charge is 2.33. The van der Waals surface area contributed by atoms with Crippen LogP contribution in [0.25, 0.3) is 0 Å². The van der Waals surface area contributed by atoms with Crippen molar-refractivity contribution in [1.82, 2.24) is 10.2 Å². The van der Waals surface area contributed by atoms with Gasteiger partial charge in [0.05, 0.1) is 10.6 Å². The molecule has 0 aliphatic heterocycles. The molecule has 42 heavy (non-hydrogen) atoms. The van der Waals surface area contributed by atoms with Gasteiger partial charge in [-0.25, -0.2) is 8.42 Å². The van der Waals surface area contributed by atoms with Crippen LogP contribution in [0.5, 0.6) is 0 Å². The maximum Gasteiger partial charge on any atom is 0.264 e. The van der Waals surface area contributed by atoms with E-state index in [9.17, 15) is 18.0 Å². The Labute approximate surface area is 262 Å². The van der Waals surface area contributed by atoms with E-state index in [0.717, 1.165) is 52.0 Å². The molecule has 7 nitrogen and oxygen atoms in total. The van der Waals surface area contributed by atoms with E-state index in [1.165, 1.54) is 17.0 Å². The predicted molar refractivity (Wildman–Crippen MR) is 171 cm³/mol. The standard InChI is InChI=1S/C32H37BrClN3O4S/c1-22-9-16-29(17-10-22)42(40,41)37(30-18-15-27(34)19-23(30)2)21-31(38)36(20-25-11-13-26(33)14-12-25)24(3)32(39)35-28-7-5-4-6-8-28/h9-19,24,28H,4-8,20-21H2,1-3H3,(H,35,39)/t24-/m1/s1. The Morgan fingerprint density at radius 3 is 2.24 bits per heavy atom. The van der Waals surface area contributed by atoms with Gasteiger partial charge in [-0.15, -0.1) is 0 Å². The number of hydrogen-bond donors (Lipinski definition) is 1. The van der Waals surface area contributed by atoms with E-state index >= 15 is 0 Å². The van der Waals surface area contributed by atoms with Crippen molar-refractivity contribution in [3.8, 4) is 0 Å². The molecule has 0 aromatic heterocycles. The molecule has 0 heterocycles. The summed E-state index contributed by atoms with van der Waals surface area (Å²) in [5.41, 5.74) is 2.68. The van der Waals surface area contributed by atoms with Gasteiger partial charge in [0.15, 0.2) is 0 Å². The zero-order valence-corrected chi connectivity index (χ0v) is 27.3. The third kappa shape index (κ3) is 7.94. The molecule has 1 aliphatic carbocycles. The molecule has 1 atom stereocenters. The lowest BCUT2D eigenvalue weighted by atomic mass is 9.95. The van der Waals surface area contributed by atoms with Crippen molar-refractivity contribution in [2.45, 2.75) is 76.4 Å². The van der Waals surface area contributed by atoms with Crippen molar-refractivity contribution in [3.63, 3.8) is 0 Å². The summed E-state index contributed by atoms with van der Waals surface area (Å²) in [6.45, 7) is 4.98. The van der Waals surface area contributed by atoms with E-state index in [0.29, 0.717) is 16.3 Å². The Hall–Kier alpha value is -2.88. The number of anilines is 1. The van der Waals surface area contributed by atoms with Gasteiger partial charge in [-0.05, 0) is 87.2 Å². The summed E-state index contributed by atoms with van der Waals surface area (Å²) in [4.78, 5) is 29.1. The Bertz CT molecular complexity index is 1510. The van der Waals surface area contributed by atoms with Crippen LogP contribution in [0.1, 0.15) is 55.7 Å². The van der Waals surface area contributed by atoms with Gasteiger partial charge in [-0.1, -0.05) is 76.6 Å². The number of rotatable bonds is 10. The van der Waals surface area contributed by atoms with E-state index < -0.39 is 28.5 Å². The second-order valence-corrected chi connectivity index (χ2v) is 14.1. The molecule has 4 rings (SSSR count). The van der Waals surface area contributed by atoms with Gasteiger partial charge in [-0.3, -0.25) is 13.9 Å². The third-order valence-electron chi connectivity index (χ3n) is 7.70. The number of halogens is 2. The molecule has 0 saturated heterocycles. The van der Waals surface area contributed by atoms with E-state index in [2.05, 4.69) is 21.2 Å². The second-order valence-electron chi connectivity index (χ2n) is 10.9. The smallest absolute Gasteiger partial charge is 0.264 e. The molecule has 224 valence electrons. The molecule has 1 saturated carbocycles. The van der Waals surface area contributed by atoms with Gasteiger partial charge < -0.3 is 10.2 Å². The SMILES string of the molecule is Cc1ccc(S(=O)(=O)N(CC(=O)N(Cc2ccc(Br)cc2)[C@H](C)C(=O)NC2CCCCC2)c2ccc(Cl)cc2C)cc1. The van der Waals surface area contributed by atoms with Gasteiger partial charge in [0.1, 0.15) is 12.6 Å². The average molecular weight is 675 g/mol. The summed E-state index contributed by atoms with van der Waals surface area (Å²) in [5, 5.41) is 3.58. The number of sulfonamides is 1. The zero-order valence-electron chi connectivity index (χ0n) is 24.1. The fourth-order valence-corrected chi connectivity index (χ4v) is 7.16. The second kappa shape index (κ2) is 14.1. The number of carbonyl (C=O) groups is 2. The van der Waals surface area contributed by atoms with Crippen molar-refractivity contribution < 1.29 is 18.0 Å². The lowest BCUT2D eigenvalue weighted by Gasteiger charge is -2.33. The van der Waals surface area contributed by atoms with Crippen LogP contribution < -0.4 is 9.62 Å². The zero-order chi connectivity index (χ0) is 30.4. The molecule has 0 unspecified atom stereocenters. The maximum atomic E-state index is 14.2. The Morgan fingerprint density at radius 2 is 1.62 bits per heavy atom. The summed E-state index contributed by atoms with van der Waals surface area (Å²) < 4.78 is 30.1. The predicted octanol–water partition coefficient (Wildman–Crippen LogP) is 6.78. The molecule has 0 radical (unpaired) electrons. The first kappa shape index (κ1) is 32.0. The van der Waals surface area contributed by atoms with E-state index in [4.69, 9.17) is 11.6 Å². The molecule has 3 aromatic carbocycles. The first-order chi connectivity index (χ1) is 20.0. The van der Waals surface area contributed by atoms with Gasteiger partial charge in [0.25, 0.3) is 10.0 Å². The molecule has 1 fully saturated rings. The van der Waals surface area contributed by atoms with Crippen molar-refractivity contribution in [2.75, 3.05) is 10.8 Å². The molecule has 0 bridgehead atoms. The van der Waals surface area contributed by atoms with Gasteiger partial charge >= 0.3 is 0 Å².